The summed E-state index contributed by atoms with van der Waals surface area (Å²) < 4.78 is 29.4. The van der Waals surface area contributed by atoms with Crippen LogP contribution in [-0.2, 0) is 10.0 Å². The lowest BCUT2D eigenvalue weighted by Crippen LogP contribution is -2.48. The van der Waals surface area contributed by atoms with Crippen molar-refractivity contribution in [2.45, 2.75) is 4.90 Å². The maximum absolute atomic E-state index is 13.0. The van der Waals surface area contributed by atoms with Crippen LogP contribution < -0.4 is 9.62 Å². The number of carbonyl (C=O) groups excluding carboxylic acids is 1. The van der Waals surface area contributed by atoms with E-state index < -0.39 is 10.0 Å². The van der Waals surface area contributed by atoms with Gasteiger partial charge in [0.25, 0.3) is 15.9 Å². The molecule has 0 unspecified atom stereocenters. The highest BCUT2D eigenvalue weighted by atomic mass is 79.9. The first-order valence-corrected chi connectivity index (χ1v) is 14.1. The minimum absolute atomic E-state index is 0. The molecule has 5 rings (SSSR count). The molecule has 0 bridgehead atoms. The van der Waals surface area contributed by atoms with Gasteiger partial charge in [-0.25, -0.2) is 8.42 Å². The highest BCUT2D eigenvalue weighted by Crippen LogP contribution is 2.25. The van der Waals surface area contributed by atoms with Crippen molar-refractivity contribution in [2.75, 3.05) is 35.8 Å². The second kappa shape index (κ2) is 12.0. The molecule has 1 aliphatic rings. The molecule has 1 fully saturated rings. The van der Waals surface area contributed by atoms with Gasteiger partial charge in [-0.2, -0.15) is 0 Å². The molecule has 196 valence electrons. The number of aromatic nitrogens is 1. The number of nitrogens with one attached hydrogen (secondary N) is 1. The predicted molar refractivity (Wildman–Crippen MR) is 156 cm³/mol. The summed E-state index contributed by atoms with van der Waals surface area (Å²) in [6.45, 7) is 2.72. The molecule has 0 spiro atoms. The van der Waals surface area contributed by atoms with E-state index in [-0.39, 0.29) is 23.2 Å². The Bertz CT molecular complexity index is 1480. The van der Waals surface area contributed by atoms with Crippen molar-refractivity contribution in [3.8, 4) is 11.1 Å². The Labute approximate surface area is 237 Å². The van der Waals surface area contributed by atoms with Crippen LogP contribution in [0.25, 0.3) is 11.1 Å². The molecule has 0 aliphatic carbocycles. The van der Waals surface area contributed by atoms with Crippen LogP contribution in [0.1, 0.15) is 10.4 Å². The topological polar surface area (TPSA) is 82.6 Å². The van der Waals surface area contributed by atoms with Crippen LogP contribution in [0, 0.1) is 0 Å². The second-order valence-corrected chi connectivity index (χ2v) is 11.3. The smallest absolute Gasteiger partial charge is 0.261 e. The second-order valence-electron chi connectivity index (χ2n) is 8.70. The largest absolute Gasteiger partial charge is 0.368 e. The molecule has 10 heteroatoms. The first kappa shape index (κ1) is 27.6. The first-order valence-electron chi connectivity index (χ1n) is 11.8. The standard InChI is InChI=1S/C28H25BrN4O3S.ClH/c29-24-7-1-21(2-8-24)22-5-11-27(12-6-22)37(35,36)31-25-9-3-23(4-10-25)28(34)33-19-17-32(18-20-33)26-13-15-30-16-14-26;/h1-16,31H,17-20H2;1H. The van der Waals surface area contributed by atoms with Crippen molar-refractivity contribution in [1.82, 2.24) is 9.88 Å². The fourth-order valence-corrected chi connectivity index (χ4v) is 5.59. The van der Waals surface area contributed by atoms with Crippen molar-refractivity contribution >= 4 is 55.6 Å². The molecular formula is C28H26BrClN4O3S. The van der Waals surface area contributed by atoms with Gasteiger partial charge in [0.15, 0.2) is 0 Å². The molecule has 7 nitrogen and oxygen atoms in total. The average molecular weight is 614 g/mol. The molecule has 0 saturated carbocycles. The van der Waals surface area contributed by atoms with E-state index in [1.54, 1.807) is 60.9 Å². The first-order chi connectivity index (χ1) is 17.9. The summed E-state index contributed by atoms with van der Waals surface area (Å²) >= 11 is 3.42. The van der Waals surface area contributed by atoms with E-state index in [9.17, 15) is 13.2 Å². The summed E-state index contributed by atoms with van der Waals surface area (Å²) in [5.41, 5.74) is 3.95. The van der Waals surface area contributed by atoms with Gasteiger partial charge in [-0.15, -0.1) is 12.4 Å². The quantitative estimate of drug-likeness (QED) is 0.302. The number of nitrogens with zero attached hydrogens (tertiary/aromatic N) is 3. The van der Waals surface area contributed by atoms with E-state index >= 15 is 0 Å². The monoisotopic (exact) mass is 612 g/mol. The fraction of sp³-hybridized carbons (Fsp3) is 0.143. The van der Waals surface area contributed by atoms with Crippen molar-refractivity contribution in [3.63, 3.8) is 0 Å². The van der Waals surface area contributed by atoms with Gasteiger partial charge in [-0.1, -0.05) is 40.2 Å². The van der Waals surface area contributed by atoms with Crippen molar-refractivity contribution < 1.29 is 13.2 Å². The number of amides is 1. The summed E-state index contributed by atoms with van der Waals surface area (Å²) in [4.78, 5) is 21.3. The van der Waals surface area contributed by atoms with Crippen LogP contribution in [0.2, 0.25) is 0 Å². The summed E-state index contributed by atoms with van der Waals surface area (Å²) in [6, 6.07) is 25.1. The lowest BCUT2D eigenvalue weighted by atomic mass is 10.1. The molecule has 38 heavy (non-hydrogen) atoms. The van der Waals surface area contributed by atoms with Gasteiger partial charge in [-0.05, 0) is 71.8 Å². The van der Waals surface area contributed by atoms with Gasteiger partial charge >= 0.3 is 0 Å². The molecule has 1 N–H and O–H groups in total. The minimum atomic E-state index is -3.77. The minimum Gasteiger partial charge on any atom is -0.368 e. The maximum Gasteiger partial charge on any atom is 0.261 e. The SMILES string of the molecule is Cl.O=C(c1ccc(NS(=O)(=O)c2ccc(-c3ccc(Br)cc3)cc2)cc1)N1CCN(c2ccncc2)CC1. The third-order valence-electron chi connectivity index (χ3n) is 6.32. The lowest BCUT2D eigenvalue weighted by Gasteiger charge is -2.36. The van der Waals surface area contributed by atoms with Crippen molar-refractivity contribution in [2.24, 2.45) is 0 Å². The Morgan fingerprint density at radius 2 is 1.32 bits per heavy atom. The molecule has 3 aromatic carbocycles. The normalized spacial score (nSPS) is 13.5. The maximum atomic E-state index is 13.0. The van der Waals surface area contributed by atoms with Gasteiger partial charge in [0.2, 0.25) is 0 Å². The summed E-state index contributed by atoms with van der Waals surface area (Å²) in [7, 11) is -3.77. The van der Waals surface area contributed by atoms with Crippen molar-refractivity contribution in [3.05, 3.63) is 107 Å². The Balaban J connectivity index is 0.00000336. The summed E-state index contributed by atoms with van der Waals surface area (Å²) in [5.74, 6) is -0.0627. The number of anilines is 2. The van der Waals surface area contributed by atoms with E-state index in [1.165, 1.54) is 0 Å². The molecule has 0 radical (unpaired) electrons. The number of rotatable bonds is 6. The zero-order valence-corrected chi connectivity index (χ0v) is 23.5. The molecule has 1 aromatic heterocycles. The molecule has 1 aliphatic heterocycles. The molecule has 0 atom stereocenters. The Morgan fingerprint density at radius 3 is 1.89 bits per heavy atom. The van der Waals surface area contributed by atoms with Crippen LogP contribution >= 0.6 is 28.3 Å². The van der Waals surface area contributed by atoms with Crippen LogP contribution in [0.5, 0.6) is 0 Å². The van der Waals surface area contributed by atoms with Crippen LogP contribution in [0.3, 0.4) is 0 Å². The zero-order valence-electron chi connectivity index (χ0n) is 20.3. The molecular weight excluding hydrogens is 588 g/mol. The van der Waals surface area contributed by atoms with Gasteiger partial charge < -0.3 is 9.80 Å². The molecule has 2 heterocycles. The summed E-state index contributed by atoms with van der Waals surface area (Å²) in [6.07, 6.45) is 3.53. The van der Waals surface area contributed by atoms with Crippen LogP contribution in [0.15, 0.2) is 107 Å². The van der Waals surface area contributed by atoms with Gasteiger partial charge in [0.1, 0.15) is 0 Å². The predicted octanol–water partition coefficient (Wildman–Crippen LogP) is 5.70. The van der Waals surface area contributed by atoms with E-state index in [2.05, 4.69) is 30.5 Å². The summed E-state index contributed by atoms with van der Waals surface area (Å²) in [5, 5.41) is 0. The zero-order chi connectivity index (χ0) is 25.8. The van der Waals surface area contributed by atoms with E-state index in [0.29, 0.717) is 24.3 Å². The van der Waals surface area contributed by atoms with E-state index in [1.807, 2.05) is 41.3 Å². The third-order valence-corrected chi connectivity index (χ3v) is 8.25. The lowest BCUT2D eigenvalue weighted by molar-refractivity contribution is 0.0747. The number of benzene rings is 3. The highest BCUT2D eigenvalue weighted by Gasteiger charge is 2.22. The van der Waals surface area contributed by atoms with E-state index in [4.69, 9.17) is 0 Å². The number of carbonyl (C=O) groups is 1. The third kappa shape index (κ3) is 6.35. The number of piperazine rings is 1. The fourth-order valence-electron chi connectivity index (χ4n) is 4.27. The Morgan fingerprint density at radius 1 is 0.763 bits per heavy atom. The van der Waals surface area contributed by atoms with E-state index in [0.717, 1.165) is 34.4 Å². The van der Waals surface area contributed by atoms with Crippen molar-refractivity contribution in [1.29, 1.82) is 0 Å². The average Bonchev–Trinajstić information content (AvgIpc) is 2.94. The number of halogens is 2. The Kier molecular flexibility index (Phi) is 8.71. The molecule has 4 aromatic rings. The van der Waals surface area contributed by atoms with Crippen LogP contribution in [-0.4, -0.2) is 50.4 Å². The van der Waals surface area contributed by atoms with Gasteiger partial charge in [-0.3, -0.25) is 14.5 Å². The van der Waals surface area contributed by atoms with Gasteiger partial charge in [0.05, 0.1) is 4.90 Å². The number of hydrogen-bond donors (Lipinski definition) is 1. The molecule has 1 saturated heterocycles. The van der Waals surface area contributed by atoms with Crippen LogP contribution in [0.4, 0.5) is 11.4 Å². The number of hydrogen-bond acceptors (Lipinski definition) is 5. The molecule has 1 amide bonds. The number of pyridine rings is 1. The Hall–Kier alpha value is -3.40. The number of sulfonamides is 1. The highest BCUT2D eigenvalue weighted by molar-refractivity contribution is 9.10. The van der Waals surface area contributed by atoms with Gasteiger partial charge in [0, 0.05) is 60.0 Å².